The van der Waals surface area contributed by atoms with Crippen LogP contribution in [0.5, 0.6) is 0 Å². The molecule has 0 bridgehead atoms. The Morgan fingerprint density at radius 2 is 1.44 bits per heavy atom. The van der Waals surface area contributed by atoms with Gasteiger partial charge in [0.2, 0.25) is 11.1 Å². The van der Waals surface area contributed by atoms with Crippen LogP contribution in [-0.2, 0) is 23.9 Å². The van der Waals surface area contributed by atoms with Crippen LogP contribution < -0.4 is 10.2 Å². The summed E-state index contributed by atoms with van der Waals surface area (Å²) in [5.74, 6) is -2.30. The summed E-state index contributed by atoms with van der Waals surface area (Å²) in [6.45, 7) is 0. The van der Waals surface area contributed by atoms with E-state index in [4.69, 9.17) is 63.1 Å². The van der Waals surface area contributed by atoms with E-state index in [2.05, 4.69) is 10.1 Å². The van der Waals surface area contributed by atoms with Crippen molar-refractivity contribution in [2.75, 3.05) is 31.4 Å². The van der Waals surface area contributed by atoms with Crippen molar-refractivity contribution in [2.24, 2.45) is 0 Å². The highest BCUT2D eigenvalue weighted by Gasteiger charge is 2.15. The number of nitrogens with one attached hydrogen (secondary N) is 1. The van der Waals surface area contributed by atoms with Crippen LogP contribution in [0.4, 0.5) is 11.4 Å². The molecule has 0 saturated heterocycles. The molecule has 186 valence electrons. The Bertz CT molecular complexity index is 1020. The zero-order chi connectivity index (χ0) is 26.4. The second kappa shape index (κ2) is 16.4. The molecule has 0 heterocycles. The summed E-state index contributed by atoms with van der Waals surface area (Å²) in [6, 6.07) is 10.1. The number of carbonyl (C=O) groups is 4. The number of esters is 1. The van der Waals surface area contributed by atoms with Gasteiger partial charge in [-0.3, -0.25) is 19.2 Å². The average Bonchev–Trinajstić information content (AvgIpc) is 2.77. The van der Waals surface area contributed by atoms with Gasteiger partial charge in [0, 0.05) is 25.5 Å². The number of hydrogen-bond acceptors (Lipinski definition) is 6. The molecule has 0 aliphatic carbocycles. The molecule has 2 rings (SSSR count). The molecular weight excluding hydrogens is 554 g/mol. The number of nitrogens with zero attached hydrogens (tertiary/aromatic N) is 1. The van der Waals surface area contributed by atoms with E-state index in [9.17, 15) is 19.2 Å². The predicted molar refractivity (Wildman–Crippen MR) is 136 cm³/mol. The predicted octanol–water partition coefficient (Wildman–Crippen LogP) is 5.78. The van der Waals surface area contributed by atoms with Gasteiger partial charge < -0.3 is 20.1 Å². The number of carbonyl (C=O) groups excluding carboxylic acids is 3. The topological polar surface area (TPSA) is 113 Å². The van der Waals surface area contributed by atoms with Crippen LogP contribution >= 0.6 is 58.0 Å². The molecule has 0 fully saturated rings. The number of ether oxygens (including phenoxy) is 1. The minimum atomic E-state index is -1.17. The lowest BCUT2D eigenvalue weighted by atomic mass is 10.2. The molecule has 0 radical (unpaired) electrons. The van der Waals surface area contributed by atoms with Crippen molar-refractivity contribution >= 4 is 92.5 Å². The lowest BCUT2D eigenvalue weighted by molar-refractivity contribution is -0.142. The molecule has 8 nitrogen and oxygen atoms in total. The second-order valence-corrected chi connectivity index (χ2v) is 8.16. The van der Waals surface area contributed by atoms with Crippen molar-refractivity contribution in [3.8, 4) is 0 Å². The molecule has 0 unspecified atom stereocenters. The van der Waals surface area contributed by atoms with Gasteiger partial charge in [-0.1, -0.05) is 46.4 Å². The maximum atomic E-state index is 11.4. The van der Waals surface area contributed by atoms with E-state index in [1.807, 2.05) is 13.1 Å². The van der Waals surface area contributed by atoms with E-state index in [-0.39, 0.29) is 6.42 Å². The fraction of sp³-hybridized carbons (Fsp3) is 0.238. The highest BCUT2D eigenvalue weighted by Crippen LogP contribution is 2.27. The van der Waals surface area contributed by atoms with Gasteiger partial charge in [-0.2, -0.15) is 0 Å². The molecule has 0 aliphatic rings. The summed E-state index contributed by atoms with van der Waals surface area (Å²) < 4.78 is 4.12. The lowest BCUT2D eigenvalue weighted by Crippen LogP contribution is -2.28. The zero-order valence-corrected chi connectivity index (χ0v) is 22.0. The molecule has 2 N–H and O–H groups in total. The third kappa shape index (κ3) is 12.9. The molecule has 1 amide bonds. The minimum Gasteiger partial charge on any atom is -0.481 e. The van der Waals surface area contributed by atoms with E-state index in [0.717, 1.165) is 5.69 Å². The smallest absolute Gasteiger partial charge is 0.314 e. The van der Waals surface area contributed by atoms with Gasteiger partial charge in [-0.25, -0.2) is 0 Å². The molecule has 2 aromatic carbocycles. The maximum absolute atomic E-state index is 11.4. The summed E-state index contributed by atoms with van der Waals surface area (Å²) in [6.07, 6.45) is -0.908. The van der Waals surface area contributed by atoms with Gasteiger partial charge in [0.15, 0.2) is 0 Å². The fourth-order valence-corrected chi connectivity index (χ4v) is 2.62. The van der Waals surface area contributed by atoms with E-state index in [1.165, 1.54) is 25.1 Å². The summed E-state index contributed by atoms with van der Waals surface area (Å²) in [5, 5.41) is 12.6. The van der Waals surface area contributed by atoms with Crippen molar-refractivity contribution in [2.45, 2.75) is 12.8 Å². The molecular formula is C21H21Cl5N2O6. The summed E-state index contributed by atoms with van der Waals surface area (Å²) in [7, 11) is 4.51. The first kappa shape index (κ1) is 31.8. The van der Waals surface area contributed by atoms with E-state index >= 15 is 0 Å². The van der Waals surface area contributed by atoms with Crippen molar-refractivity contribution in [1.29, 1.82) is 0 Å². The van der Waals surface area contributed by atoms with Gasteiger partial charge in [0.05, 0.1) is 27.2 Å². The minimum absolute atomic E-state index is 0.314. The Kier molecular flexibility index (Phi) is 15.3. The third-order valence-electron chi connectivity index (χ3n) is 3.69. The molecule has 0 saturated carbocycles. The Balaban J connectivity index is 0.000000520. The molecule has 0 spiro atoms. The van der Waals surface area contributed by atoms with Gasteiger partial charge in [0.1, 0.15) is 12.8 Å². The fourth-order valence-electron chi connectivity index (χ4n) is 1.92. The van der Waals surface area contributed by atoms with Crippen molar-refractivity contribution in [3.05, 3.63) is 56.5 Å². The lowest BCUT2D eigenvalue weighted by Gasteiger charge is -2.16. The van der Waals surface area contributed by atoms with Crippen molar-refractivity contribution in [1.82, 2.24) is 0 Å². The number of halogens is 5. The zero-order valence-electron chi connectivity index (χ0n) is 18.2. The molecule has 0 aromatic heterocycles. The first-order valence-corrected chi connectivity index (χ1v) is 11.0. The monoisotopic (exact) mass is 572 g/mol. The number of aliphatic carboxylic acids is 1. The Labute approximate surface area is 221 Å². The molecule has 2 aromatic rings. The summed E-state index contributed by atoms with van der Waals surface area (Å²) in [5.41, 5.74) is 1.47. The first-order chi connectivity index (χ1) is 15.8. The largest absolute Gasteiger partial charge is 0.481 e. The first-order valence-electron chi connectivity index (χ1n) is 9.13. The van der Waals surface area contributed by atoms with Crippen LogP contribution in [0.2, 0.25) is 20.1 Å². The average molecular weight is 575 g/mol. The number of rotatable bonds is 6. The van der Waals surface area contributed by atoms with E-state index < -0.39 is 29.5 Å². The van der Waals surface area contributed by atoms with Crippen molar-refractivity contribution in [3.63, 3.8) is 0 Å². The SMILES string of the molecule is CN(C(=O)CC(=O)O)c1ccc(Cl)c(Cl)c1.CNc1ccc(Cl)c(Cl)c1.COC(=O)CC(=O)Cl. The Hall–Kier alpha value is -2.23. The number of methoxy groups -OCH3 is 1. The molecule has 34 heavy (non-hydrogen) atoms. The van der Waals surface area contributed by atoms with Gasteiger partial charge in [-0.05, 0) is 48.0 Å². The van der Waals surface area contributed by atoms with Gasteiger partial charge in [0.25, 0.3) is 0 Å². The van der Waals surface area contributed by atoms with Gasteiger partial charge >= 0.3 is 11.9 Å². The Morgan fingerprint density at radius 3 is 1.82 bits per heavy atom. The molecule has 0 aliphatic heterocycles. The van der Waals surface area contributed by atoms with Crippen molar-refractivity contribution < 1.29 is 29.0 Å². The standard InChI is InChI=1S/C10H9Cl2NO3.C7H7Cl2N.C4H5ClO3/c1-13(9(14)5-10(15)16)6-2-3-7(11)8(12)4-6;1-10-5-2-3-6(8)7(9)4-5;1-8-4(7)2-3(5)6/h2-4H,5H2,1H3,(H,15,16);2-4,10H,1H3;2H2,1H3. The summed E-state index contributed by atoms with van der Waals surface area (Å²) in [4.78, 5) is 43.0. The molecule has 0 atom stereocenters. The number of carboxylic acids is 1. The van der Waals surface area contributed by atoms with Crippen LogP contribution in [0.1, 0.15) is 12.8 Å². The van der Waals surface area contributed by atoms with Crippen LogP contribution in [0.3, 0.4) is 0 Å². The highest BCUT2D eigenvalue weighted by molar-refractivity contribution is 6.64. The van der Waals surface area contributed by atoms with Crippen LogP contribution in [-0.4, -0.2) is 49.4 Å². The van der Waals surface area contributed by atoms with E-state index in [1.54, 1.807) is 24.3 Å². The number of benzene rings is 2. The van der Waals surface area contributed by atoms with Crippen LogP contribution in [0, 0.1) is 0 Å². The Morgan fingerprint density at radius 1 is 0.912 bits per heavy atom. The van der Waals surface area contributed by atoms with Crippen LogP contribution in [0.15, 0.2) is 36.4 Å². The van der Waals surface area contributed by atoms with E-state index in [0.29, 0.717) is 25.8 Å². The number of carboxylic acid groups (broad SMARTS) is 1. The number of hydrogen-bond donors (Lipinski definition) is 2. The van der Waals surface area contributed by atoms with Crippen LogP contribution in [0.25, 0.3) is 0 Å². The highest BCUT2D eigenvalue weighted by atomic mass is 35.5. The normalized spacial score (nSPS) is 9.41. The number of anilines is 2. The summed E-state index contributed by atoms with van der Waals surface area (Å²) >= 11 is 27.7. The number of amides is 1. The molecule has 13 heteroatoms. The second-order valence-electron chi connectivity index (χ2n) is 6.11. The quantitative estimate of drug-likeness (QED) is 0.255. The van der Waals surface area contributed by atoms with Gasteiger partial charge in [-0.15, -0.1) is 0 Å². The maximum Gasteiger partial charge on any atom is 0.314 e. The third-order valence-corrected chi connectivity index (χ3v) is 5.30.